The first-order chi connectivity index (χ1) is 18.4. The van der Waals surface area contributed by atoms with Crippen LogP contribution in [0.3, 0.4) is 0 Å². The van der Waals surface area contributed by atoms with Gasteiger partial charge >= 0.3 is 6.36 Å². The standard InChI is InChI=1S/C25H20F5N5O4/c1-12(16-10-14(4-6-17(16)26)39-25(28,29)30)31-24(37)22-19(38-3)8-5-15(23(22)27)18-7-9-21-33-20(32-13(2)36)11-35(21)34-18/h4-12H,1-3H3,(H,31,37)(H,32,36)/t12-/m0/s1. The van der Waals surface area contributed by atoms with Crippen molar-refractivity contribution in [3.05, 3.63) is 71.4 Å². The van der Waals surface area contributed by atoms with Crippen molar-refractivity contribution >= 4 is 23.3 Å². The summed E-state index contributed by atoms with van der Waals surface area (Å²) in [5, 5.41) is 9.17. The van der Waals surface area contributed by atoms with Gasteiger partial charge in [0.05, 0.1) is 25.0 Å². The number of anilines is 1. The van der Waals surface area contributed by atoms with E-state index < -0.39 is 41.3 Å². The smallest absolute Gasteiger partial charge is 0.496 e. The lowest BCUT2D eigenvalue weighted by Gasteiger charge is -2.19. The van der Waals surface area contributed by atoms with Crippen molar-refractivity contribution in [3.8, 4) is 22.8 Å². The van der Waals surface area contributed by atoms with E-state index in [4.69, 9.17) is 4.74 Å². The van der Waals surface area contributed by atoms with Gasteiger partial charge < -0.3 is 20.1 Å². The molecule has 2 heterocycles. The second kappa shape index (κ2) is 10.6. The number of alkyl halides is 3. The fraction of sp³-hybridized carbons (Fsp3) is 0.200. The highest BCUT2D eigenvalue weighted by Gasteiger charge is 2.32. The second-order valence-electron chi connectivity index (χ2n) is 8.26. The maximum Gasteiger partial charge on any atom is 0.573 e. The topological polar surface area (TPSA) is 107 Å². The Morgan fingerprint density at radius 1 is 1.08 bits per heavy atom. The van der Waals surface area contributed by atoms with Gasteiger partial charge in [0, 0.05) is 18.1 Å². The lowest BCUT2D eigenvalue weighted by Crippen LogP contribution is -2.29. The minimum atomic E-state index is -5.00. The number of aromatic nitrogens is 3. The molecule has 9 nitrogen and oxygen atoms in total. The number of halogens is 5. The number of hydrogen-bond donors (Lipinski definition) is 2. The number of fused-ring (bicyclic) bond motifs is 1. The first-order valence-corrected chi connectivity index (χ1v) is 11.2. The Morgan fingerprint density at radius 2 is 1.82 bits per heavy atom. The number of nitrogens with zero attached hydrogens (tertiary/aromatic N) is 3. The van der Waals surface area contributed by atoms with Gasteiger partial charge in [0.15, 0.2) is 11.5 Å². The molecular formula is C25H20F5N5O4. The van der Waals surface area contributed by atoms with Crippen molar-refractivity contribution in [3.63, 3.8) is 0 Å². The van der Waals surface area contributed by atoms with Gasteiger partial charge in [0.2, 0.25) is 5.91 Å². The fourth-order valence-electron chi connectivity index (χ4n) is 3.80. The molecule has 0 fully saturated rings. The van der Waals surface area contributed by atoms with E-state index in [0.29, 0.717) is 5.65 Å². The third-order valence-electron chi connectivity index (χ3n) is 5.47. The lowest BCUT2D eigenvalue weighted by atomic mass is 10.0. The lowest BCUT2D eigenvalue weighted by molar-refractivity contribution is -0.274. The molecule has 4 aromatic rings. The Balaban J connectivity index is 1.66. The van der Waals surface area contributed by atoms with Gasteiger partial charge in [-0.15, -0.1) is 13.2 Å². The van der Waals surface area contributed by atoms with Crippen LogP contribution in [0.2, 0.25) is 0 Å². The fourth-order valence-corrected chi connectivity index (χ4v) is 3.80. The van der Waals surface area contributed by atoms with E-state index >= 15 is 4.39 Å². The summed E-state index contributed by atoms with van der Waals surface area (Å²) < 4.78 is 78.1. The minimum Gasteiger partial charge on any atom is -0.496 e. The van der Waals surface area contributed by atoms with Crippen LogP contribution >= 0.6 is 0 Å². The summed E-state index contributed by atoms with van der Waals surface area (Å²) in [6, 6.07) is 6.80. The quantitative estimate of drug-likeness (QED) is 0.313. The summed E-state index contributed by atoms with van der Waals surface area (Å²) in [6.45, 7) is 2.62. The second-order valence-corrected chi connectivity index (χ2v) is 8.26. The zero-order chi connectivity index (χ0) is 28.5. The van der Waals surface area contributed by atoms with Crippen molar-refractivity contribution in [2.45, 2.75) is 26.3 Å². The zero-order valence-electron chi connectivity index (χ0n) is 20.6. The van der Waals surface area contributed by atoms with Crippen molar-refractivity contribution < 1.29 is 41.0 Å². The van der Waals surface area contributed by atoms with E-state index in [2.05, 4.69) is 25.5 Å². The number of rotatable bonds is 7. The highest BCUT2D eigenvalue weighted by atomic mass is 19.4. The number of imidazole rings is 1. The molecule has 0 aliphatic carbocycles. The van der Waals surface area contributed by atoms with Crippen LogP contribution in [0.25, 0.3) is 16.9 Å². The highest BCUT2D eigenvalue weighted by Crippen LogP contribution is 2.32. The number of amides is 2. The third-order valence-corrected chi connectivity index (χ3v) is 5.47. The third kappa shape index (κ3) is 6.05. The molecule has 0 spiro atoms. The number of methoxy groups -OCH3 is 1. The highest BCUT2D eigenvalue weighted by molar-refractivity contribution is 5.98. The van der Waals surface area contributed by atoms with Crippen molar-refractivity contribution in [2.75, 3.05) is 12.4 Å². The molecule has 0 saturated carbocycles. The van der Waals surface area contributed by atoms with Gasteiger partial charge in [0.1, 0.15) is 28.7 Å². The Morgan fingerprint density at radius 3 is 2.49 bits per heavy atom. The number of ether oxygens (including phenoxy) is 2. The predicted octanol–water partition coefficient (Wildman–Crippen LogP) is 5.03. The SMILES string of the molecule is COc1ccc(-c2ccc3nc(NC(C)=O)cn3n2)c(F)c1C(=O)N[C@@H](C)c1cc(OC(F)(F)F)ccc1F. The summed E-state index contributed by atoms with van der Waals surface area (Å²) in [6.07, 6.45) is -3.58. The Kier molecular flexibility index (Phi) is 7.38. The van der Waals surface area contributed by atoms with Gasteiger partial charge in [-0.05, 0) is 49.4 Å². The number of carbonyl (C=O) groups is 2. The first kappa shape index (κ1) is 27.3. The molecule has 0 unspecified atom stereocenters. The summed E-state index contributed by atoms with van der Waals surface area (Å²) in [7, 11) is 1.21. The largest absolute Gasteiger partial charge is 0.573 e. The van der Waals surface area contributed by atoms with Crippen molar-refractivity contribution in [1.82, 2.24) is 19.9 Å². The number of benzene rings is 2. The number of carbonyl (C=O) groups excluding carboxylic acids is 2. The molecule has 0 saturated heterocycles. The molecule has 204 valence electrons. The molecule has 0 bridgehead atoms. The predicted molar refractivity (Wildman–Crippen MR) is 128 cm³/mol. The minimum absolute atomic E-state index is 0.0861. The Hall–Kier alpha value is -4.75. The van der Waals surface area contributed by atoms with Crippen LogP contribution in [0.5, 0.6) is 11.5 Å². The van der Waals surface area contributed by atoms with Gasteiger partial charge in [-0.3, -0.25) is 9.59 Å². The molecule has 1 atom stereocenters. The van der Waals surface area contributed by atoms with Gasteiger partial charge in [-0.1, -0.05) is 0 Å². The molecule has 39 heavy (non-hydrogen) atoms. The van der Waals surface area contributed by atoms with E-state index in [9.17, 15) is 27.2 Å². The normalized spacial score (nSPS) is 12.2. The monoisotopic (exact) mass is 549 g/mol. The van der Waals surface area contributed by atoms with Gasteiger partial charge in [0.25, 0.3) is 5.91 Å². The average molecular weight is 549 g/mol. The van der Waals surface area contributed by atoms with Gasteiger partial charge in [-0.2, -0.15) is 5.10 Å². The van der Waals surface area contributed by atoms with Crippen LogP contribution in [0, 0.1) is 11.6 Å². The molecule has 2 amide bonds. The van der Waals surface area contributed by atoms with Gasteiger partial charge in [-0.25, -0.2) is 18.3 Å². The molecule has 4 rings (SSSR count). The summed E-state index contributed by atoms with van der Waals surface area (Å²) in [4.78, 5) is 28.6. The molecule has 2 aromatic carbocycles. The Bertz CT molecular complexity index is 1570. The Labute approximate surface area is 217 Å². The van der Waals surface area contributed by atoms with Crippen LogP contribution in [0.1, 0.15) is 35.8 Å². The number of hydrogen-bond acceptors (Lipinski definition) is 6. The maximum absolute atomic E-state index is 15.7. The van der Waals surface area contributed by atoms with E-state index in [1.807, 2.05) is 0 Å². The van der Waals surface area contributed by atoms with Crippen LogP contribution < -0.4 is 20.1 Å². The van der Waals surface area contributed by atoms with Crippen molar-refractivity contribution in [2.24, 2.45) is 0 Å². The van der Waals surface area contributed by atoms with Crippen LogP contribution in [-0.4, -0.2) is 39.9 Å². The average Bonchev–Trinajstić information content (AvgIpc) is 3.24. The molecule has 14 heteroatoms. The van der Waals surface area contributed by atoms with E-state index in [0.717, 1.165) is 18.2 Å². The summed E-state index contributed by atoms with van der Waals surface area (Å²) >= 11 is 0. The molecule has 0 radical (unpaired) electrons. The summed E-state index contributed by atoms with van der Waals surface area (Å²) in [5.74, 6) is -3.88. The van der Waals surface area contributed by atoms with E-state index in [1.165, 1.54) is 55.9 Å². The van der Waals surface area contributed by atoms with Crippen LogP contribution in [-0.2, 0) is 4.79 Å². The molecular weight excluding hydrogens is 529 g/mol. The molecule has 0 aliphatic rings. The molecule has 0 aliphatic heterocycles. The maximum atomic E-state index is 15.7. The zero-order valence-corrected chi connectivity index (χ0v) is 20.6. The first-order valence-electron chi connectivity index (χ1n) is 11.2. The number of nitrogens with one attached hydrogen (secondary N) is 2. The van der Waals surface area contributed by atoms with E-state index in [-0.39, 0.29) is 34.3 Å². The molecule has 2 N–H and O–H groups in total. The van der Waals surface area contributed by atoms with Crippen LogP contribution in [0.4, 0.5) is 27.8 Å². The molecule has 2 aromatic heterocycles. The van der Waals surface area contributed by atoms with Crippen molar-refractivity contribution in [1.29, 1.82) is 0 Å². The summed E-state index contributed by atoms with van der Waals surface area (Å²) in [5.41, 5.74) is -0.460. The van der Waals surface area contributed by atoms with E-state index in [1.54, 1.807) is 0 Å². The van der Waals surface area contributed by atoms with Crippen LogP contribution in [0.15, 0.2) is 48.7 Å².